The van der Waals surface area contributed by atoms with Crippen molar-refractivity contribution in [3.05, 3.63) is 66.2 Å². The maximum absolute atomic E-state index is 13.2. The van der Waals surface area contributed by atoms with Gasteiger partial charge in [0.2, 0.25) is 35.3 Å². The molecule has 3 aromatic rings. The maximum atomic E-state index is 13.2. The maximum Gasteiger partial charge on any atom is 0.238 e. The van der Waals surface area contributed by atoms with Gasteiger partial charge in [-0.25, -0.2) is 0 Å². The molecule has 3 heterocycles. The fraction of sp³-hybridized carbons (Fsp3) is 0.379. The third-order valence-corrected chi connectivity index (χ3v) is 6.89. The molecule has 1 aromatic carbocycles. The average molecular weight is 561 g/mol. The van der Waals surface area contributed by atoms with Gasteiger partial charge in [0.25, 0.3) is 0 Å². The lowest BCUT2D eigenvalue weighted by Gasteiger charge is -2.26. The second-order valence-corrected chi connectivity index (χ2v) is 10.3. The Bertz CT molecular complexity index is 1410. The minimum Gasteiger partial charge on any atom is -0.349 e. The molecule has 2 aromatic heterocycles. The second-order valence-electron chi connectivity index (χ2n) is 10.3. The van der Waals surface area contributed by atoms with Gasteiger partial charge in [-0.05, 0) is 23.6 Å². The molecule has 4 amide bonds. The van der Waals surface area contributed by atoms with Crippen LogP contribution in [0.25, 0.3) is 11.5 Å². The summed E-state index contributed by atoms with van der Waals surface area (Å²) < 4.78 is 5.25. The van der Waals surface area contributed by atoms with Crippen molar-refractivity contribution in [2.45, 2.75) is 52.1 Å². The lowest BCUT2D eigenvalue weighted by molar-refractivity contribution is -0.137. The summed E-state index contributed by atoms with van der Waals surface area (Å²) in [5.41, 5.74) is 1.25. The highest BCUT2D eigenvalue weighted by molar-refractivity contribution is 6.16. The van der Waals surface area contributed by atoms with Gasteiger partial charge < -0.3 is 15.2 Å². The van der Waals surface area contributed by atoms with Crippen molar-refractivity contribution in [2.75, 3.05) is 0 Å². The van der Waals surface area contributed by atoms with Crippen molar-refractivity contribution in [1.82, 2.24) is 31.1 Å². The number of hydrogen-bond acceptors (Lipinski definition) is 9. The molecule has 0 bridgehead atoms. The van der Waals surface area contributed by atoms with Gasteiger partial charge in [-0.2, -0.15) is 4.98 Å². The number of imide groups is 1. The van der Waals surface area contributed by atoms with Gasteiger partial charge in [-0.3, -0.25) is 34.3 Å². The van der Waals surface area contributed by atoms with Crippen LogP contribution in [0.3, 0.4) is 0 Å². The number of hydrogen-bond donors (Lipinski definition) is 3. The number of aromatic nitrogens is 3. The monoisotopic (exact) mass is 560 g/mol. The predicted molar refractivity (Wildman–Crippen MR) is 145 cm³/mol. The molecule has 12 nitrogen and oxygen atoms in total. The number of amides is 4. The molecule has 0 saturated carbocycles. The van der Waals surface area contributed by atoms with E-state index in [0.717, 1.165) is 0 Å². The van der Waals surface area contributed by atoms with Crippen LogP contribution in [0, 0.1) is 17.8 Å². The molecule has 4 rings (SSSR count). The number of nitrogens with zero attached hydrogens (tertiary/aromatic N) is 3. The Morgan fingerprint density at radius 1 is 0.976 bits per heavy atom. The first kappa shape index (κ1) is 29.2. The Morgan fingerprint density at radius 3 is 2.34 bits per heavy atom. The summed E-state index contributed by atoms with van der Waals surface area (Å²) in [6.45, 7) is 5.00. The first-order valence-electron chi connectivity index (χ1n) is 13.4. The molecule has 3 N–H and O–H groups in total. The molecule has 0 unspecified atom stereocenters. The van der Waals surface area contributed by atoms with Crippen LogP contribution in [-0.2, 0) is 30.4 Å². The number of pyridine rings is 1. The van der Waals surface area contributed by atoms with Crippen LogP contribution in [0.1, 0.15) is 51.1 Å². The number of benzene rings is 1. The van der Waals surface area contributed by atoms with E-state index >= 15 is 0 Å². The van der Waals surface area contributed by atoms with Crippen molar-refractivity contribution < 1.29 is 28.5 Å². The van der Waals surface area contributed by atoms with Gasteiger partial charge in [0.15, 0.2) is 5.78 Å². The largest absolute Gasteiger partial charge is 0.349 e. The molecule has 0 spiro atoms. The lowest BCUT2D eigenvalue weighted by Crippen LogP contribution is -2.49. The van der Waals surface area contributed by atoms with E-state index in [1.54, 1.807) is 62.5 Å². The number of carbonyl (C=O) groups excluding carboxylic acids is 5. The first-order chi connectivity index (χ1) is 19.6. The Balaban J connectivity index is 1.40. The summed E-state index contributed by atoms with van der Waals surface area (Å²) in [4.78, 5) is 71.9. The first-order valence-corrected chi connectivity index (χ1v) is 13.4. The van der Waals surface area contributed by atoms with Gasteiger partial charge in [-0.1, -0.05) is 62.3 Å². The quantitative estimate of drug-likeness (QED) is 0.221. The van der Waals surface area contributed by atoms with Gasteiger partial charge in [0.1, 0.15) is 11.6 Å². The molecule has 214 valence electrons. The van der Waals surface area contributed by atoms with E-state index in [2.05, 4.69) is 31.1 Å². The average Bonchev–Trinajstić information content (AvgIpc) is 3.54. The molecular weight excluding hydrogens is 528 g/mol. The molecule has 0 radical (unpaired) electrons. The zero-order chi connectivity index (χ0) is 29.5. The van der Waals surface area contributed by atoms with Gasteiger partial charge in [0.05, 0.1) is 24.4 Å². The van der Waals surface area contributed by atoms with E-state index in [9.17, 15) is 24.0 Å². The van der Waals surface area contributed by atoms with Gasteiger partial charge >= 0.3 is 0 Å². The van der Waals surface area contributed by atoms with Crippen LogP contribution in [0.15, 0.2) is 59.3 Å². The standard InChI is InChI=1S/C29H32N6O6/c1-16(2)25(26(38)24-17(3)28(39)34-29(24)40)32-22(37)15-20(18-9-5-4-6-10-18)31-21(36)12-13-23-33-27(35-41-23)19-11-7-8-14-30-19/h4-11,14,16-17,20,24-25H,12-13,15H2,1-3H3,(H,31,36)(H,32,37)(H,34,39,40)/t17-,20-,24+,25-/m0/s1. The van der Waals surface area contributed by atoms with Crippen molar-refractivity contribution in [3.63, 3.8) is 0 Å². The zero-order valence-electron chi connectivity index (χ0n) is 23.0. The normalized spacial score (nSPS) is 18.0. The van der Waals surface area contributed by atoms with Crippen molar-refractivity contribution >= 4 is 29.4 Å². The molecule has 1 fully saturated rings. The Morgan fingerprint density at radius 2 is 1.71 bits per heavy atom. The summed E-state index contributed by atoms with van der Waals surface area (Å²) in [6.07, 6.45) is 1.68. The minimum absolute atomic E-state index is 0.0324. The van der Waals surface area contributed by atoms with E-state index in [0.29, 0.717) is 17.1 Å². The summed E-state index contributed by atoms with van der Waals surface area (Å²) >= 11 is 0. The number of carbonyl (C=O) groups is 5. The summed E-state index contributed by atoms with van der Waals surface area (Å²) in [5.74, 6) is -4.23. The van der Waals surface area contributed by atoms with Crippen LogP contribution < -0.4 is 16.0 Å². The highest BCUT2D eigenvalue weighted by Crippen LogP contribution is 2.24. The molecule has 12 heteroatoms. The smallest absolute Gasteiger partial charge is 0.238 e. The summed E-state index contributed by atoms with van der Waals surface area (Å²) in [5, 5.41) is 11.7. The molecule has 1 aliphatic heterocycles. The third-order valence-electron chi connectivity index (χ3n) is 6.89. The van der Waals surface area contributed by atoms with E-state index in [-0.39, 0.29) is 37.0 Å². The number of ketones is 1. The van der Waals surface area contributed by atoms with Crippen molar-refractivity contribution in [2.24, 2.45) is 17.8 Å². The van der Waals surface area contributed by atoms with Crippen LogP contribution in [0.2, 0.25) is 0 Å². The highest BCUT2D eigenvalue weighted by atomic mass is 16.5. The Kier molecular flexibility index (Phi) is 9.33. The van der Waals surface area contributed by atoms with Gasteiger partial charge in [-0.15, -0.1) is 0 Å². The molecule has 1 saturated heterocycles. The zero-order valence-corrected chi connectivity index (χ0v) is 23.0. The SMILES string of the molecule is CC(C)[C@H](NC(=O)C[C@H](NC(=O)CCc1nc(-c2ccccn2)no1)c1ccccc1)C(=O)[C@@H]1C(=O)NC(=O)[C@H]1C. The predicted octanol–water partition coefficient (Wildman–Crippen LogP) is 1.93. The number of Topliss-reactive ketones (excluding diaryl/α,β-unsaturated/α-hetero) is 1. The molecule has 41 heavy (non-hydrogen) atoms. The van der Waals surface area contributed by atoms with Crippen molar-refractivity contribution in [1.29, 1.82) is 0 Å². The number of rotatable bonds is 12. The molecule has 1 aliphatic rings. The number of aryl methyl sites for hydroxylation is 1. The fourth-order valence-electron chi connectivity index (χ4n) is 4.62. The van der Waals surface area contributed by atoms with Crippen molar-refractivity contribution in [3.8, 4) is 11.5 Å². The Hall–Kier alpha value is -4.74. The molecule has 4 atom stereocenters. The van der Waals surface area contributed by atoms with E-state index in [4.69, 9.17) is 4.52 Å². The van der Waals surface area contributed by atoms with E-state index in [1.165, 1.54) is 6.92 Å². The third kappa shape index (κ3) is 7.27. The number of nitrogens with one attached hydrogen (secondary N) is 3. The highest BCUT2D eigenvalue weighted by Gasteiger charge is 2.46. The lowest BCUT2D eigenvalue weighted by atomic mass is 9.85. The van der Waals surface area contributed by atoms with Gasteiger partial charge in [0, 0.05) is 19.0 Å². The topological polar surface area (TPSA) is 173 Å². The van der Waals surface area contributed by atoms with Crippen LogP contribution in [-0.4, -0.2) is 50.6 Å². The van der Waals surface area contributed by atoms with Crippen LogP contribution in [0.4, 0.5) is 0 Å². The minimum atomic E-state index is -1.16. The Labute approximate surface area is 236 Å². The fourth-order valence-corrected chi connectivity index (χ4v) is 4.62. The summed E-state index contributed by atoms with van der Waals surface area (Å²) in [7, 11) is 0. The van der Waals surface area contributed by atoms with E-state index < -0.39 is 47.4 Å². The van der Waals surface area contributed by atoms with Crippen LogP contribution in [0.5, 0.6) is 0 Å². The van der Waals surface area contributed by atoms with E-state index in [1.807, 2.05) is 6.07 Å². The second kappa shape index (κ2) is 13.1. The van der Waals surface area contributed by atoms with Crippen LogP contribution >= 0.6 is 0 Å². The molecular formula is C29H32N6O6. The molecule has 0 aliphatic carbocycles. The summed E-state index contributed by atoms with van der Waals surface area (Å²) in [6, 6.07) is 12.6.